The molecule has 0 aliphatic heterocycles. The molecule has 4 aromatic carbocycles. The minimum Gasteiger partial charge on any atom is -0.508 e. The summed E-state index contributed by atoms with van der Waals surface area (Å²) in [5.74, 6) is 3.54. The van der Waals surface area contributed by atoms with E-state index in [1.165, 1.54) is 11.1 Å². The van der Waals surface area contributed by atoms with Gasteiger partial charge in [0.2, 0.25) is 0 Å². The van der Waals surface area contributed by atoms with Gasteiger partial charge in [0.15, 0.2) is 0 Å². The molecule has 1 N–H and O–H groups in total. The number of benzene rings is 4. The van der Waals surface area contributed by atoms with Crippen molar-refractivity contribution < 1.29 is 37.9 Å². The molecule has 8 nitrogen and oxygen atoms in total. The van der Waals surface area contributed by atoms with E-state index in [0.717, 1.165) is 65.7 Å². The molecule has 1 unspecified atom stereocenters. The number of rotatable bonds is 14. The first-order chi connectivity index (χ1) is 24.7. The lowest BCUT2D eigenvalue weighted by Crippen LogP contribution is -2.26. The first kappa shape index (κ1) is 42.0. The van der Waals surface area contributed by atoms with Gasteiger partial charge >= 0.3 is 6.16 Å². The maximum atomic E-state index is 13.0. The van der Waals surface area contributed by atoms with Crippen LogP contribution in [-0.2, 0) is 17.6 Å². The van der Waals surface area contributed by atoms with Gasteiger partial charge in [-0.1, -0.05) is 62.1 Å². The van der Waals surface area contributed by atoms with Crippen LogP contribution < -0.4 is 23.3 Å². The molecule has 0 spiro atoms. The lowest BCUT2D eigenvalue weighted by molar-refractivity contribution is 0.0205. The number of hydrogen-bond donors (Lipinski definition) is 1. The number of phenols is 1. The molecule has 0 heterocycles. The number of phenolic OH excluding ortho intramolecular Hbond substituents is 1. The molecule has 0 radical (unpaired) electrons. The van der Waals surface area contributed by atoms with E-state index in [1.807, 2.05) is 90.1 Å². The number of hydrogen-bond acceptors (Lipinski definition) is 8. The highest BCUT2D eigenvalue weighted by molar-refractivity contribution is 7.27. The van der Waals surface area contributed by atoms with Gasteiger partial charge in [-0.05, 0) is 133 Å². The van der Waals surface area contributed by atoms with Crippen LogP contribution >= 0.6 is 9.03 Å². The van der Waals surface area contributed by atoms with Crippen molar-refractivity contribution in [3.63, 3.8) is 0 Å². The fraction of sp³-hybridized carbons (Fsp3) is 0.419. The third-order valence-electron chi connectivity index (χ3n) is 8.19. The van der Waals surface area contributed by atoms with Gasteiger partial charge in [-0.2, -0.15) is 0 Å². The largest absolute Gasteiger partial charge is 0.514 e. The van der Waals surface area contributed by atoms with Crippen molar-refractivity contribution in [1.29, 1.82) is 0 Å². The highest BCUT2D eigenvalue weighted by Crippen LogP contribution is 2.47. The molecule has 1 atom stereocenters. The zero-order valence-electron chi connectivity index (χ0n) is 32.8. The first-order valence-corrected chi connectivity index (χ1v) is 18.8. The van der Waals surface area contributed by atoms with Gasteiger partial charge < -0.3 is 33.1 Å². The van der Waals surface area contributed by atoms with Crippen LogP contribution in [0.4, 0.5) is 4.79 Å². The molecule has 0 aliphatic carbocycles. The summed E-state index contributed by atoms with van der Waals surface area (Å²) in [6.07, 6.45) is 4.56. The van der Waals surface area contributed by atoms with Gasteiger partial charge in [0.05, 0.1) is 14.2 Å². The zero-order valence-corrected chi connectivity index (χ0v) is 33.8. The van der Waals surface area contributed by atoms with E-state index in [0.29, 0.717) is 40.7 Å². The third-order valence-corrected chi connectivity index (χ3v) is 8.78. The molecule has 0 saturated heterocycles. The number of unbranched alkanes of at least 4 members (excludes halogenated alkanes) is 2. The fourth-order valence-electron chi connectivity index (χ4n) is 5.48. The van der Waals surface area contributed by atoms with Crippen molar-refractivity contribution in [2.75, 3.05) is 14.2 Å². The molecule has 0 saturated carbocycles. The Morgan fingerprint density at radius 2 is 1.21 bits per heavy atom. The average molecular weight is 733 g/mol. The summed E-state index contributed by atoms with van der Waals surface area (Å²) >= 11 is 0. The van der Waals surface area contributed by atoms with Crippen molar-refractivity contribution in [2.45, 2.75) is 106 Å². The Kier molecular flexibility index (Phi) is 16.1. The maximum absolute atomic E-state index is 13.0. The summed E-state index contributed by atoms with van der Waals surface area (Å²) in [6.45, 7) is 17.7. The van der Waals surface area contributed by atoms with Crippen molar-refractivity contribution in [3.8, 4) is 45.6 Å². The van der Waals surface area contributed by atoms with E-state index in [4.69, 9.17) is 33.1 Å². The molecule has 282 valence electrons. The van der Waals surface area contributed by atoms with Crippen molar-refractivity contribution in [2.24, 2.45) is 0 Å². The molecular formula is C43H57O8P. The quantitative estimate of drug-likeness (QED) is 0.0778. The SMILES string of the molecule is CCCCc1cc(OC)cc(-c2cc(OC)cc(CCCC)c2OC(=O)OC(C)(C)C)c1OPOc1ccc(C)cc1C.Cc1ccc(O)c(C)c1. The Labute approximate surface area is 312 Å². The third kappa shape index (κ3) is 12.7. The Bertz CT molecular complexity index is 1780. The van der Waals surface area contributed by atoms with Crippen LogP contribution in [-0.4, -0.2) is 31.1 Å². The topological polar surface area (TPSA) is 92.7 Å². The Hall–Kier alpha value is -4.42. The number of methoxy groups -OCH3 is 2. The van der Waals surface area contributed by atoms with E-state index in [2.05, 4.69) is 26.8 Å². The highest BCUT2D eigenvalue weighted by atomic mass is 31.1. The predicted octanol–water partition coefficient (Wildman–Crippen LogP) is 12.0. The van der Waals surface area contributed by atoms with Crippen LogP contribution in [0.5, 0.6) is 34.5 Å². The van der Waals surface area contributed by atoms with Gasteiger partial charge in [-0.3, -0.25) is 0 Å². The standard InChI is InChI=1S/C35H47O7P.C8H10O/c1-10-12-14-25-19-27(37-8)21-29(32(25)39-34(36)40-35(5,6)7)30-22-28(38-9)20-26(15-13-11-2)33(30)42-43-41-31-17-16-23(3)18-24(31)4;1-6-3-4-8(9)7(2)5-6/h16-22,43H,10-15H2,1-9H3;3-5,9H,1-2H3. The summed E-state index contributed by atoms with van der Waals surface area (Å²) in [5.41, 5.74) is 6.82. The maximum Gasteiger partial charge on any atom is 0.514 e. The van der Waals surface area contributed by atoms with Crippen molar-refractivity contribution in [3.05, 3.63) is 94.0 Å². The molecule has 0 bridgehead atoms. The minimum atomic E-state index is -0.770. The van der Waals surface area contributed by atoms with E-state index in [1.54, 1.807) is 20.3 Å². The molecule has 4 aromatic rings. The summed E-state index contributed by atoms with van der Waals surface area (Å²) in [4.78, 5) is 13.0. The second-order valence-electron chi connectivity index (χ2n) is 13.9. The molecule has 0 aromatic heterocycles. The monoisotopic (exact) mass is 732 g/mol. The Balaban J connectivity index is 0.000000703. The van der Waals surface area contributed by atoms with Crippen LogP contribution in [0.3, 0.4) is 0 Å². The summed E-state index contributed by atoms with van der Waals surface area (Å²) < 4.78 is 35.6. The summed E-state index contributed by atoms with van der Waals surface area (Å²) in [6, 6.07) is 19.3. The minimum absolute atomic E-state index is 0.304. The first-order valence-electron chi connectivity index (χ1n) is 17.9. The smallest absolute Gasteiger partial charge is 0.508 e. The van der Waals surface area contributed by atoms with Crippen molar-refractivity contribution >= 4 is 15.2 Å². The lowest BCUT2D eigenvalue weighted by Gasteiger charge is -2.23. The molecule has 52 heavy (non-hydrogen) atoms. The summed E-state index contributed by atoms with van der Waals surface area (Å²) in [7, 11) is 2.97. The zero-order chi connectivity index (χ0) is 38.4. The van der Waals surface area contributed by atoms with E-state index >= 15 is 0 Å². The molecule has 9 heteroatoms. The normalized spacial score (nSPS) is 11.1. The number of carbonyl (C=O) groups excluding carboxylic acids is 1. The lowest BCUT2D eigenvalue weighted by atomic mass is 9.94. The van der Waals surface area contributed by atoms with Crippen LogP contribution in [0, 0.1) is 27.7 Å². The molecule has 0 amide bonds. The fourth-order valence-corrected chi connectivity index (χ4v) is 6.17. The highest BCUT2D eigenvalue weighted by Gasteiger charge is 2.26. The van der Waals surface area contributed by atoms with Gasteiger partial charge in [0, 0.05) is 11.1 Å². The molecule has 4 rings (SSSR count). The average Bonchev–Trinajstić information content (AvgIpc) is 3.09. The van der Waals surface area contributed by atoms with E-state index in [-0.39, 0.29) is 9.03 Å². The van der Waals surface area contributed by atoms with Crippen LogP contribution in [0.25, 0.3) is 11.1 Å². The number of aromatic hydroxyl groups is 1. The van der Waals surface area contributed by atoms with Crippen LogP contribution in [0.2, 0.25) is 0 Å². The number of carbonyl (C=O) groups is 1. The Morgan fingerprint density at radius 1 is 0.692 bits per heavy atom. The van der Waals surface area contributed by atoms with Crippen molar-refractivity contribution in [1.82, 2.24) is 0 Å². The molecule has 0 fully saturated rings. The second-order valence-corrected chi connectivity index (χ2v) is 14.5. The molecular weight excluding hydrogens is 675 g/mol. The predicted molar refractivity (Wildman–Crippen MR) is 212 cm³/mol. The van der Waals surface area contributed by atoms with E-state index in [9.17, 15) is 4.79 Å². The van der Waals surface area contributed by atoms with E-state index < -0.39 is 11.8 Å². The van der Waals surface area contributed by atoms with Gasteiger partial charge in [-0.15, -0.1) is 0 Å². The van der Waals surface area contributed by atoms with Gasteiger partial charge in [-0.25, -0.2) is 4.79 Å². The van der Waals surface area contributed by atoms with Gasteiger partial charge in [0.25, 0.3) is 9.03 Å². The second kappa shape index (κ2) is 20.0. The van der Waals surface area contributed by atoms with Crippen LogP contribution in [0.15, 0.2) is 60.7 Å². The molecule has 0 aliphatic rings. The number of aryl methyl sites for hydroxylation is 6. The number of ether oxygens (including phenoxy) is 4. The summed E-state index contributed by atoms with van der Waals surface area (Å²) in [5, 5.41) is 9.04. The van der Waals surface area contributed by atoms with Gasteiger partial charge in [0.1, 0.15) is 40.1 Å². The van der Waals surface area contributed by atoms with Crippen LogP contribution in [0.1, 0.15) is 93.7 Å². The Morgan fingerprint density at radius 3 is 1.69 bits per heavy atom.